The monoisotopic (exact) mass is 563 g/mol. The summed E-state index contributed by atoms with van der Waals surface area (Å²) in [5.41, 5.74) is 1.35. The lowest BCUT2D eigenvalue weighted by Gasteiger charge is -2.34. The molecule has 2 saturated heterocycles. The number of pyridine rings is 1. The number of likely N-dealkylation sites (N-methyl/N-ethyl adjacent to an activating group) is 1. The van der Waals surface area contributed by atoms with Crippen LogP contribution < -0.4 is 4.90 Å². The van der Waals surface area contributed by atoms with E-state index in [0.717, 1.165) is 11.4 Å². The third kappa shape index (κ3) is 7.12. The Hall–Kier alpha value is -3.52. The Morgan fingerprint density at radius 3 is 2.44 bits per heavy atom. The molecule has 0 N–H and O–H groups in total. The number of hydrogen-bond acceptors (Lipinski definition) is 6. The number of benzene rings is 1. The molecule has 2 aromatic rings. The van der Waals surface area contributed by atoms with Crippen LogP contribution in [-0.4, -0.2) is 78.8 Å². The summed E-state index contributed by atoms with van der Waals surface area (Å²) in [5.74, 6) is 0.292. The van der Waals surface area contributed by atoms with Crippen molar-refractivity contribution >= 4 is 29.4 Å². The Morgan fingerprint density at radius 1 is 1.15 bits per heavy atom. The first-order chi connectivity index (χ1) is 18.6. The molecule has 8 nitrogen and oxygen atoms in total. The maximum absolute atomic E-state index is 13.6. The van der Waals surface area contributed by atoms with Crippen LogP contribution in [0.15, 0.2) is 42.6 Å². The number of halogens is 4. The summed E-state index contributed by atoms with van der Waals surface area (Å²) >= 11 is 6.05. The highest BCUT2D eigenvalue weighted by Gasteiger charge is 2.42. The van der Waals surface area contributed by atoms with Crippen LogP contribution in [0.1, 0.15) is 36.3 Å². The van der Waals surface area contributed by atoms with E-state index >= 15 is 0 Å². The number of amides is 2. The molecular formula is C27H29ClF3N5O3. The molecule has 39 heavy (non-hydrogen) atoms. The number of carbonyl (C=O) groups excluding carboxylic acids is 2. The SMILES string of the molecule is CN(C(=O)OCCC(F)(F)F)C1CN(C(=O)C2CCN(c3ccc(C#N)cn3)CC2)C[C@@H]1c1ccc(Cl)cc1. The molecule has 2 fully saturated rings. The van der Waals surface area contributed by atoms with Gasteiger partial charge in [-0.25, -0.2) is 9.78 Å². The average molecular weight is 564 g/mol. The summed E-state index contributed by atoms with van der Waals surface area (Å²) < 4.78 is 42.4. The molecule has 2 amide bonds. The van der Waals surface area contributed by atoms with E-state index in [9.17, 15) is 22.8 Å². The number of hydrogen-bond donors (Lipinski definition) is 0. The van der Waals surface area contributed by atoms with Crippen LogP contribution in [0.25, 0.3) is 0 Å². The number of likely N-dealkylation sites (tertiary alicyclic amines) is 1. The zero-order valence-corrected chi connectivity index (χ0v) is 22.2. The van der Waals surface area contributed by atoms with Gasteiger partial charge < -0.3 is 19.4 Å². The van der Waals surface area contributed by atoms with E-state index in [1.165, 1.54) is 18.1 Å². The van der Waals surface area contributed by atoms with E-state index in [-0.39, 0.29) is 24.3 Å². The largest absolute Gasteiger partial charge is 0.449 e. The number of carbonyl (C=O) groups is 2. The van der Waals surface area contributed by atoms with Crippen molar-refractivity contribution in [1.82, 2.24) is 14.8 Å². The van der Waals surface area contributed by atoms with Crippen LogP contribution in [0.5, 0.6) is 0 Å². The lowest BCUT2D eigenvalue weighted by Crippen LogP contribution is -2.44. The number of aromatic nitrogens is 1. The predicted molar refractivity (Wildman–Crippen MR) is 138 cm³/mol. The zero-order valence-electron chi connectivity index (χ0n) is 21.4. The van der Waals surface area contributed by atoms with E-state index in [1.54, 1.807) is 29.2 Å². The Kier molecular flexibility index (Phi) is 8.85. The number of nitriles is 1. The van der Waals surface area contributed by atoms with Crippen LogP contribution in [0.4, 0.5) is 23.8 Å². The third-order valence-corrected chi connectivity index (χ3v) is 7.59. The second-order valence-electron chi connectivity index (χ2n) is 9.84. The van der Waals surface area contributed by atoms with E-state index in [1.807, 2.05) is 18.2 Å². The van der Waals surface area contributed by atoms with Crippen molar-refractivity contribution in [2.75, 3.05) is 44.7 Å². The highest BCUT2D eigenvalue weighted by molar-refractivity contribution is 6.30. The number of piperidine rings is 1. The molecule has 1 aromatic heterocycles. The van der Waals surface area contributed by atoms with Gasteiger partial charge in [0, 0.05) is 56.3 Å². The Labute approximate surface area is 229 Å². The summed E-state index contributed by atoms with van der Waals surface area (Å²) in [6, 6.07) is 12.2. The van der Waals surface area contributed by atoms with Gasteiger partial charge in [-0.15, -0.1) is 0 Å². The van der Waals surface area contributed by atoms with Gasteiger partial charge in [0.1, 0.15) is 18.5 Å². The van der Waals surface area contributed by atoms with Crippen molar-refractivity contribution in [1.29, 1.82) is 5.26 Å². The van der Waals surface area contributed by atoms with Crippen LogP contribution in [0.3, 0.4) is 0 Å². The molecule has 0 radical (unpaired) electrons. The molecule has 0 bridgehead atoms. The van der Waals surface area contributed by atoms with E-state index in [2.05, 4.69) is 9.88 Å². The number of nitrogens with zero attached hydrogens (tertiary/aromatic N) is 5. The molecule has 2 aliphatic heterocycles. The summed E-state index contributed by atoms with van der Waals surface area (Å²) in [7, 11) is 1.49. The van der Waals surface area contributed by atoms with E-state index < -0.39 is 31.3 Å². The lowest BCUT2D eigenvalue weighted by atomic mass is 9.93. The number of anilines is 1. The number of alkyl halides is 3. The molecule has 3 heterocycles. The second kappa shape index (κ2) is 12.1. The van der Waals surface area contributed by atoms with Gasteiger partial charge in [0.25, 0.3) is 0 Å². The molecule has 1 aromatic carbocycles. The fourth-order valence-corrected chi connectivity index (χ4v) is 5.27. The van der Waals surface area contributed by atoms with Gasteiger partial charge in [-0.2, -0.15) is 18.4 Å². The Bertz CT molecular complexity index is 1200. The molecule has 12 heteroatoms. The van der Waals surface area contributed by atoms with Crippen LogP contribution in [0.2, 0.25) is 5.02 Å². The second-order valence-corrected chi connectivity index (χ2v) is 10.3. The maximum atomic E-state index is 13.6. The van der Waals surface area contributed by atoms with Gasteiger partial charge in [-0.05, 0) is 42.7 Å². The van der Waals surface area contributed by atoms with Crippen molar-refractivity contribution in [3.63, 3.8) is 0 Å². The summed E-state index contributed by atoms with van der Waals surface area (Å²) in [5, 5.41) is 9.52. The minimum Gasteiger partial charge on any atom is -0.449 e. The van der Waals surface area contributed by atoms with Crippen molar-refractivity contribution in [3.05, 3.63) is 58.7 Å². The van der Waals surface area contributed by atoms with Gasteiger partial charge in [0.05, 0.1) is 18.0 Å². The fourth-order valence-electron chi connectivity index (χ4n) is 5.14. The third-order valence-electron chi connectivity index (χ3n) is 7.34. The molecule has 1 unspecified atom stereocenters. The highest BCUT2D eigenvalue weighted by atomic mass is 35.5. The van der Waals surface area contributed by atoms with Gasteiger partial charge in [-0.1, -0.05) is 23.7 Å². The highest BCUT2D eigenvalue weighted by Crippen LogP contribution is 2.34. The lowest BCUT2D eigenvalue weighted by molar-refractivity contribution is -0.142. The van der Waals surface area contributed by atoms with Crippen molar-refractivity contribution < 1.29 is 27.5 Å². The standard InChI is InChI=1S/C27H29ClF3N5O3/c1-34(26(38)39-13-10-27(29,30)31)23-17-36(16-22(23)19-3-5-21(28)6-4-19)25(37)20-8-11-35(12-9-20)24-7-2-18(14-32)15-33-24/h2-7,15,20,22-23H,8-13,16-17H2,1H3/t22-,23?/m1/s1. The molecule has 2 aliphatic rings. The smallest absolute Gasteiger partial charge is 0.409 e. The summed E-state index contributed by atoms with van der Waals surface area (Å²) in [4.78, 5) is 35.6. The van der Waals surface area contributed by atoms with Crippen LogP contribution in [-0.2, 0) is 9.53 Å². The fraction of sp³-hybridized carbons (Fsp3) is 0.481. The molecule has 0 spiro atoms. The van der Waals surface area contributed by atoms with Crippen molar-refractivity contribution in [2.45, 2.75) is 37.4 Å². The van der Waals surface area contributed by atoms with Gasteiger partial charge in [0.2, 0.25) is 5.91 Å². The molecular weight excluding hydrogens is 535 g/mol. The molecule has 0 aliphatic carbocycles. The Morgan fingerprint density at radius 2 is 1.85 bits per heavy atom. The molecule has 2 atom stereocenters. The van der Waals surface area contributed by atoms with Crippen LogP contribution >= 0.6 is 11.6 Å². The first kappa shape index (κ1) is 28.5. The number of rotatable bonds is 6. The van der Waals surface area contributed by atoms with Crippen molar-refractivity contribution in [2.24, 2.45) is 5.92 Å². The topological polar surface area (TPSA) is 89.8 Å². The van der Waals surface area contributed by atoms with E-state index in [0.29, 0.717) is 43.1 Å². The van der Waals surface area contributed by atoms with Crippen LogP contribution in [0, 0.1) is 17.2 Å². The van der Waals surface area contributed by atoms with E-state index in [4.69, 9.17) is 21.6 Å². The van der Waals surface area contributed by atoms with Gasteiger partial charge in [-0.3, -0.25) is 4.79 Å². The minimum absolute atomic E-state index is 0.0114. The van der Waals surface area contributed by atoms with Gasteiger partial charge in [0.15, 0.2) is 0 Å². The molecule has 208 valence electrons. The minimum atomic E-state index is -4.42. The van der Waals surface area contributed by atoms with Crippen molar-refractivity contribution in [3.8, 4) is 6.07 Å². The Balaban J connectivity index is 1.42. The first-order valence-corrected chi connectivity index (χ1v) is 13.0. The summed E-state index contributed by atoms with van der Waals surface area (Å²) in [6.45, 7) is 1.12. The summed E-state index contributed by atoms with van der Waals surface area (Å²) in [6.07, 6.45) is -3.73. The normalized spacial score (nSPS) is 20.0. The predicted octanol–water partition coefficient (Wildman–Crippen LogP) is 4.84. The molecule has 0 saturated carbocycles. The first-order valence-electron chi connectivity index (χ1n) is 12.7. The number of ether oxygens (including phenoxy) is 1. The van der Waals surface area contributed by atoms with Gasteiger partial charge >= 0.3 is 12.3 Å². The zero-order chi connectivity index (χ0) is 28.2. The molecule has 4 rings (SSSR count). The average Bonchev–Trinajstić information content (AvgIpc) is 3.37. The quantitative estimate of drug-likeness (QED) is 0.500. The maximum Gasteiger partial charge on any atom is 0.409 e.